The summed E-state index contributed by atoms with van der Waals surface area (Å²) in [5.74, 6) is -1.76. The number of nitrogens with two attached hydrogens (primary N) is 1. The number of carbonyl (C=O) groups excluding carboxylic acids is 2. The van der Waals surface area contributed by atoms with E-state index in [2.05, 4.69) is 16.0 Å². The van der Waals surface area contributed by atoms with Crippen LogP contribution in [0.15, 0.2) is 24.3 Å². The topological polar surface area (TPSA) is 134 Å². The lowest BCUT2D eigenvalue weighted by Crippen LogP contribution is -2.40. The van der Waals surface area contributed by atoms with Crippen molar-refractivity contribution in [3.05, 3.63) is 24.3 Å². The maximum absolute atomic E-state index is 11.4. The Bertz CT molecular complexity index is 489. The van der Waals surface area contributed by atoms with E-state index in [1.54, 1.807) is 24.3 Å². The van der Waals surface area contributed by atoms with Crippen LogP contribution in [-0.4, -0.2) is 36.1 Å². The number of urea groups is 1. The van der Waals surface area contributed by atoms with Crippen LogP contribution >= 0.6 is 0 Å². The van der Waals surface area contributed by atoms with Crippen LogP contribution in [0.2, 0.25) is 0 Å². The molecule has 6 N–H and O–H groups in total. The van der Waals surface area contributed by atoms with Gasteiger partial charge in [0.05, 0.1) is 17.9 Å². The maximum atomic E-state index is 11.4. The molecule has 0 spiro atoms. The first-order valence-corrected chi connectivity index (χ1v) is 5.37. The van der Waals surface area contributed by atoms with Crippen LogP contribution in [0.3, 0.4) is 0 Å². The van der Waals surface area contributed by atoms with E-state index >= 15 is 0 Å². The number of nitrogen functional groups attached to an aromatic ring is 1. The van der Waals surface area contributed by atoms with Gasteiger partial charge in [0.25, 0.3) is 0 Å². The van der Waals surface area contributed by atoms with Crippen molar-refractivity contribution in [2.45, 2.75) is 0 Å². The van der Waals surface area contributed by atoms with Gasteiger partial charge in [-0.1, -0.05) is 12.1 Å². The summed E-state index contributed by atoms with van der Waals surface area (Å²) in [7, 11) is 0. The Morgan fingerprint density at radius 3 is 2.42 bits per heavy atom. The Kier molecular flexibility index (Phi) is 5.15. The van der Waals surface area contributed by atoms with Gasteiger partial charge in [0.15, 0.2) is 0 Å². The molecule has 0 saturated heterocycles. The molecule has 8 nitrogen and oxygen atoms in total. The van der Waals surface area contributed by atoms with Gasteiger partial charge in [-0.3, -0.25) is 9.59 Å². The fourth-order valence-electron chi connectivity index (χ4n) is 1.17. The highest BCUT2D eigenvalue weighted by Crippen LogP contribution is 2.15. The second kappa shape index (κ2) is 6.84. The van der Waals surface area contributed by atoms with Crippen LogP contribution in [0.25, 0.3) is 0 Å². The molecule has 19 heavy (non-hydrogen) atoms. The van der Waals surface area contributed by atoms with Crippen LogP contribution in [0.5, 0.6) is 0 Å². The van der Waals surface area contributed by atoms with Gasteiger partial charge < -0.3 is 26.8 Å². The van der Waals surface area contributed by atoms with Gasteiger partial charge >= 0.3 is 12.0 Å². The largest absolute Gasteiger partial charge is 0.480 e. The van der Waals surface area contributed by atoms with E-state index in [1.165, 1.54) is 0 Å². The number of carboxylic acids is 1. The number of carboxylic acid groups (broad SMARTS) is 1. The summed E-state index contributed by atoms with van der Waals surface area (Å²) in [6.45, 7) is -0.820. The van der Waals surface area contributed by atoms with Crippen molar-refractivity contribution in [2.75, 3.05) is 24.1 Å². The van der Waals surface area contributed by atoms with E-state index in [0.717, 1.165) is 0 Å². The Morgan fingerprint density at radius 1 is 1.11 bits per heavy atom. The van der Waals surface area contributed by atoms with E-state index in [0.29, 0.717) is 11.4 Å². The fourth-order valence-corrected chi connectivity index (χ4v) is 1.17. The van der Waals surface area contributed by atoms with E-state index < -0.39 is 24.5 Å². The number of amides is 3. The molecule has 1 aromatic carbocycles. The summed E-state index contributed by atoms with van der Waals surface area (Å²) >= 11 is 0. The van der Waals surface area contributed by atoms with Crippen molar-refractivity contribution in [2.24, 2.45) is 0 Å². The lowest BCUT2D eigenvalue weighted by molar-refractivity contribution is -0.137. The minimum Gasteiger partial charge on any atom is -0.480 e. The van der Waals surface area contributed by atoms with Crippen molar-refractivity contribution >= 4 is 29.3 Å². The molecule has 8 heteroatoms. The number of anilines is 2. The van der Waals surface area contributed by atoms with Crippen molar-refractivity contribution < 1.29 is 19.5 Å². The van der Waals surface area contributed by atoms with Gasteiger partial charge in [0.1, 0.15) is 6.54 Å². The second-order valence-corrected chi connectivity index (χ2v) is 3.57. The molecular weight excluding hydrogens is 252 g/mol. The van der Waals surface area contributed by atoms with Gasteiger partial charge in [-0.15, -0.1) is 0 Å². The molecule has 1 rings (SSSR count). The van der Waals surface area contributed by atoms with Crippen LogP contribution < -0.4 is 21.7 Å². The SMILES string of the molecule is Nc1ccccc1NC(=O)NCC(=O)NCC(=O)O. The third kappa shape index (κ3) is 5.39. The van der Waals surface area contributed by atoms with Gasteiger partial charge in [0, 0.05) is 0 Å². The first kappa shape index (κ1) is 14.3. The van der Waals surface area contributed by atoms with E-state index in [1.807, 2.05) is 0 Å². The van der Waals surface area contributed by atoms with Crippen molar-refractivity contribution in [1.82, 2.24) is 10.6 Å². The van der Waals surface area contributed by atoms with Crippen LogP contribution in [0.4, 0.5) is 16.2 Å². The highest BCUT2D eigenvalue weighted by molar-refractivity contribution is 5.94. The second-order valence-electron chi connectivity index (χ2n) is 3.57. The number of benzene rings is 1. The van der Waals surface area contributed by atoms with Crippen LogP contribution in [0, 0.1) is 0 Å². The molecule has 3 amide bonds. The molecule has 102 valence electrons. The summed E-state index contributed by atoms with van der Waals surface area (Å²) in [6, 6.07) is 6.04. The molecule has 0 aliphatic rings. The summed E-state index contributed by atoms with van der Waals surface area (Å²) in [5.41, 5.74) is 6.44. The monoisotopic (exact) mass is 266 g/mol. The molecule has 0 fully saturated rings. The number of para-hydroxylation sites is 2. The summed E-state index contributed by atoms with van der Waals surface area (Å²) in [6.07, 6.45) is 0. The number of rotatable bonds is 5. The molecular formula is C11H14N4O4. The molecule has 0 bridgehead atoms. The average Bonchev–Trinajstić information content (AvgIpc) is 2.36. The Labute approximate surface area is 109 Å². The van der Waals surface area contributed by atoms with Crippen molar-refractivity contribution in [1.29, 1.82) is 0 Å². The number of hydrogen-bond donors (Lipinski definition) is 5. The van der Waals surface area contributed by atoms with Crippen molar-refractivity contribution in [3.8, 4) is 0 Å². The smallest absolute Gasteiger partial charge is 0.322 e. The van der Waals surface area contributed by atoms with E-state index in [-0.39, 0.29) is 6.54 Å². The number of hydrogen-bond acceptors (Lipinski definition) is 4. The zero-order valence-electron chi connectivity index (χ0n) is 9.97. The zero-order valence-corrected chi connectivity index (χ0v) is 9.97. The van der Waals surface area contributed by atoms with Gasteiger partial charge in [-0.05, 0) is 12.1 Å². The minimum absolute atomic E-state index is 0.328. The van der Waals surface area contributed by atoms with Gasteiger partial charge in [0.2, 0.25) is 5.91 Å². The first-order valence-electron chi connectivity index (χ1n) is 5.37. The summed E-state index contributed by atoms with van der Waals surface area (Å²) in [4.78, 5) is 32.8. The third-order valence-electron chi connectivity index (χ3n) is 2.06. The first-order chi connectivity index (χ1) is 8.99. The van der Waals surface area contributed by atoms with Gasteiger partial charge in [-0.2, -0.15) is 0 Å². The minimum atomic E-state index is -1.16. The Balaban J connectivity index is 2.34. The Hall–Kier alpha value is -2.77. The van der Waals surface area contributed by atoms with E-state index in [4.69, 9.17) is 10.8 Å². The third-order valence-corrected chi connectivity index (χ3v) is 2.06. The molecule has 0 aliphatic carbocycles. The predicted molar refractivity (Wildman–Crippen MR) is 68.5 cm³/mol. The number of nitrogens with one attached hydrogen (secondary N) is 3. The predicted octanol–water partition coefficient (Wildman–Crippen LogP) is -0.409. The molecule has 0 aromatic heterocycles. The van der Waals surface area contributed by atoms with Gasteiger partial charge in [-0.25, -0.2) is 4.79 Å². The lowest BCUT2D eigenvalue weighted by atomic mass is 10.3. The summed E-state index contributed by atoms with van der Waals surface area (Å²) in [5, 5.41) is 15.2. The molecule has 0 atom stereocenters. The molecule has 0 radical (unpaired) electrons. The number of aliphatic carboxylic acids is 1. The molecule has 0 heterocycles. The quantitative estimate of drug-likeness (QED) is 0.462. The highest BCUT2D eigenvalue weighted by Gasteiger charge is 2.07. The zero-order chi connectivity index (χ0) is 14.3. The molecule has 0 aliphatic heterocycles. The van der Waals surface area contributed by atoms with Crippen LogP contribution in [-0.2, 0) is 9.59 Å². The van der Waals surface area contributed by atoms with Crippen molar-refractivity contribution in [3.63, 3.8) is 0 Å². The Morgan fingerprint density at radius 2 is 1.79 bits per heavy atom. The normalized spacial score (nSPS) is 9.47. The summed E-state index contributed by atoms with van der Waals surface area (Å²) < 4.78 is 0. The molecule has 0 saturated carbocycles. The van der Waals surface area contributed by atoms with E-state index in [9.17, 15) is 14.4 Å². The maximum Gasteiger partial charge on any atom is 0.322 e. The highest BCUT2D eigenvalue weighted by atomic mass is 16.4. The molecule has 0 unspecified atom stereocenters. The average molecular weight is 266 g/mol. The molecule has 1 aromatic rings. The fraction of sp³-hybridized carbons (Fsp3) is 0.182. The van der Waals surface area contributed by atoms with Crippen LogP contribution in [0.1, 0.15) is 0 Å². The number of carbonyl (C=O) groups is 3. The lowest BCUT2D eigenvalue weighted by Gasteiger charge is -2.09. The standard InChI is InChI=1S/C11H14N4O4/c12-7-3-1-2-4-8(7)15-11(19)14-5-9(16)13-6-10(17)18/h1-4H,5-6,12H2,(H,13,16)(H,17,18)(H2,14,15,19).